The van der Waals surface area contributed by atoms with Crippen LogP contribution in [0.3, 0.4) is 0 Å². The van der Waals surface area contributed by atoms with Gasteiger partial charge in [-0.2, -0.15) is 0 Å². The maximum absolute atomic E-state index is 5.95. The monoisotopic (exact) mass is 333 g/mol. The molecule has 3 aliphatic heterocycles. The van der Waals surface area contributed by atoms with Gasteiger partial charge in [-0.1, -0.05) is 6.07 Å². The van der Waals surface area contributed by atoms with Crippen LogP contribution >= 0.6 is 0 Å². The van der Waals surface area contributed by atoms with Gasteiger partial charge in [-0.25, -0.2) is 4.98 Å². The highest BCUT2D eigenvalue weighted by atomic mass is 16.5. The molecule has 0 aliphatic carbocycles. The Kier molecular flexibility index (Phi) is 4.98. The van der Waals surface area contributed by atoms with Crippen LogP contribution in [0.25, 0.3) is 0 Å². The Bertz CT molecular complexity index is 550. The van der Waals surface area contributed by atoms with E-state index in [0.717, 1.165) is 65.0 Å². The fraction of sp³-hybridized carbons (Fsp3) is 0.722. The molecule has 3 atom stereocenters. The van der Waals surface area contributed by atoms with E-state index in [1.807, 2.05) is 6.07 Å². The van der Waals surface area contributed by atoms with Crippen molar-refractivity contribution in [2.45, 2.75) is 12.6 Å². The molecule has 1 aromatic heterocycles. The first kappa shape index (κ1) is 16.3. The van der Waals surface area contributed by atoms with E-state index in [1.165, 1.54) is 5.56 Å². The molecule has 0 spiro atoms. The molecule has 132 valence electrons. The summed E-state index contributed by atoms with van der Waals surface area (Å²) in [6.45, 7) is 8.67. The van der Waals surface area contributed by atoms with Gasteiger partial charge >= 0.3 is 0 Å². The molecule has 6 heteroatoms. The van der Waals surface area contributed by atoms with E-state index in [0.29, 0.717) is 17.9 Å². The van der Waals surface area contributed by atoms with Crippen LogP contribution in [0, 0.1) is 11.8 Å². The highest BCUT2D eigenvalue weighted by Crippen LogP contribution is 2.34. The Morgan fingerprint density at radius 1 is 1.21 bits per heavy atom. The third kappa shape index (κ3) is 3.28. The number of methoxy groups -OCH3 is 1. The van der Waals surface area contributed by atoms with Crippen molar-refractivity contribution in [2.24, 2.45) is 11.8 Å². The number of rotatable bonds is 4. The summed E-state index contributed by atoms with van der Waals surface area (Å²) >= 11 is 0. The van der Waals surface area contributed by atoms with Crippen molar-refractivity contribution >= 4 is 0 Å². The van der Waals surface area contributed by atoms with Gasteiger partial charge in [0.25, 0.3) is 0 Å². The fourth-order valence-corrected chi connectivity index (χ4v) is 4.45. The van der Waals surface area contributed by atoms with E-state index in [9.17, 15) is 0 Å². The molecule has 3 fully saturated rings. The largest absolute Gasteiger partial charge is 0.481 e. The highest BCUT2D eigenvalue weighted by Gasteiger charge is 2.43. The third-order valence-electron chi connectivity index (χ3n) is 5.63. The van der Waals surface area contributed by atoms with Crippen LogP contribution in [-0.4, -0.2) is 80.5 Å². The lowest BCUT2D eigenvalue weighted by Gasteiger charge is -2.42. The average molecular weight is 333 g/mol. The van der Waals surface area contributed by atoms with Gasteiger partial charge in [0.2, 0.25) is 5.88 Å². The number of morpholine rings is 1. The molecule has 3 aliphatic rings. The minimum absolute atomic E-state index is 0.536. The minimum Gasteiger partial charge on any atom is -0.481 e. The molecule has 3 saturated heterocycles. The van der Waals surface area contributed by atoms with Crippen LogP contribution in [0.1, 0.15) is 5.56 Å². The zero-order chi connectivity index (χ0) is 16.4. The minimum atomic E-state index is 0.536. The second-order valence-corrected chi connectivity index (χ2v) is 7.04. The van der Waals surface area contributed by atoms with E-state index in [-0.39, 0.29) is 0 Å². The molecular weight excluding hydrogens is 306 g/mol. The zero-order valence-corrected chi connectivity index (χ0v) is 14.4. The maximum Gasteiger partial charge on any atom is 0.217 e. The van der Waals surface area contributed by atoms with Crippen LogP contribution in [0.2, 0.25) is 0 Å². The quantitative estimate of drug-likeness (QED) is 0.815. The smallest absolute Gasteiger partial charge is 0.217 e. The van der Waals surface area contributed by atoms with Crippen molar-refractivity contribution in [1.29, 1.82) is 0 Å². The summed E-state index contributed by atoms with van der Waals surface area (Å²) in [6, 6.07) is 4.64. The molecule has 0 unspecified atom stereocenters. The number of hydrogen-bond acceptors (Lipinski definition) is 6. The van der Waals surface area contributed by atoms with Crippen LogP contribution < -0.4 is 4.74 Å². The first-order chi connectivity index (χ1) is 11.8. The summed E-state index contributed by atoms with van der Waals surface area (Å²) < 4.78 is 16.9. The predicted molar refractivity (Wildman–Crippen MR) is 90.0 cm³/mol. The third-order valence-corrected chi connectivity index (χ3v) is 5.63. The molecule has 6 nitrogen and oxygen atoms in total. The van der Waals surface area contributed by atoms with E-state index in [1.54, 1.807) is 13.3 Å². The van der Waals surface area contributed by atoms with Crippen molar-refractivity contribution in [2.75, 3.05) is 59.7 Å². The van der Waals surface area contributed by atoms with Crippen molar-refractivity contribution in [1.82, 2.24) is 14.8 Å². The lowest BCUT2D eigenvalue weighted by Crippen LogP contribution is -2.53. The van der Waals surface area contributed by atoms with Gasteiger partial charge in [0.1, 0.15) is 0 Å². The lowest BCUT2D eigenvalue weighted by molar-refractivity contribution is -0.0683. The molecule has 0 radical (unpaired) electrons. The SMILES string of the molecule is COc1ncccc1CN1C[C@@H]2COC[C@@H](N3CCOCC3)[C@@H]2C1. The standard InChI is InChI=1S/C18H27N3O3/c1-22-18-14(3-2-4-19-18)9-20-10-15-12-24-13-17(16(15)11-20)21-5-7-23-8-6-21/h2-4,15-17H,5-13H2,1H3/t15-,16-,17-/m1/s1. The molecular formula is C18H27N3O3. The van der Waals surface area contributed by atoms with Gasteiger partial charge in [0.15, 0.2) is 0 Å². The van der Waals surface area contributed by atoms with Crippen LogP contribution in [-0.2, 0) is 16.0 Å². The van der Waals surface area contributed by atoms with Crippen molar-refractivity contribution in [3.63, 3.8) is 0 Å². The summed E-state index contributed by atoms with van der Waals surface area (Å²) in [4.78, 5) is 9.44. The molecule has 24 heavy (non-hydrogen) atoms. The number of nitrogens with zero attached hydrogens (tertiary/aromatic N) is 3. The van der Waals surface area contributed by atoms with Gasteiger partial charge in [0.05, 0.1) is 33.5 Å². The maximum atomic E-state index is 5.95. The van der Waals surface area contributed by atoms with Gasteiger partial charge in [-0.3, -0.25) is 9.80 Å². The molecule has 0 N–H and O–H groups in total. The Balaban J connectivity index is 1.43. The predicted octanol–water partition coefficient (Wildman–Crippen LogP) is 0.869. The summed E-state index contributed by atoms with van der Waals surface area (Å²) in [6.07, 6.45) is 1.79. The highest BCUT2D eigenvalue weighted by molar-refractivity contribution is 5.25. The normalized spacial score (nSPS) is 31.8. The van der Waals surface area contributed by atoms with E-state index < -0.39 is 0 Å². The zero-order valence-electron chi connectivity index (χ0n) is 14.4. The Morgan fingerprint density at radius 3 is 2.92 bits per heavy atom. The van der Waals surface area contributed by atoms with Gasteiger partial charge < -0.3 is 14.2 Å². The Hall–Kier alpha value is -1.21. The molecule has 0 bridgehead atoms. The van der Waals surface area contributed by atoms with Crippen molar-refractivity contribution < 1.29 is 14.2 Å². The summed E-state index contributed by atoms with van der Waals surface area (Å²) in [5, 5.41) is 0. The number of pyridine rings is 1. The number of fused-ring (bicyclic) bond motifs is 1. The fourth-order valence-electron chi connectivity index (χ4n) is 4.45. The second kappa shape index (κ2) is 7.35. The Morgan fingerprint density at radius 2 is 2.08 bits per heavy atom. The average Bonchev–Trinajstić information content (AvgIpc) is 3.05. The van der Waals surface area contributed by atoms with Crippen LogP contribution in [0.4, 0.5) is 0 Å². The van der Waals surface area contributed by atoms with E-state index in [4.69, 9.17) is 14.2 Å². The van der Waals surface area contributed by atoms with E-state index >= 15 is 0 Å². The van der Waals surface area contributed by atoms with Gasteiger partial charge in [0, 0.05) is 56.4 Å². The molecule has 4 heterocycles. The number of ether oxygens (including phenoxy) is 3. The number of hydrogen-bond donors (Lipinski definition) is 0. The Labute approximate surface area is 143 Å². The number of aromatic nitrogens is 1. The first-order valence-electron chi connectivity index (χ1n) is 8.95. The summed E-state index contributed by atoms with van der Waals surface area (Å²) in [5.74, 6) is 2.07. The summed E-state index contributed by atoms with van der Waals surface area (Å²) in [7, 11) is 1.69. The van der Waals surface area contributed by atoms with Crippen LogP contribution in [0.5, 0.6) is 5.88 Å². The molecule has 0 saturated carbocycles. The second-order valence-electron chi connectivity index (χ2n) is 7.04. The lowest BCUT2D eigenvalue weighted by atomic mass is 9.86. The van der Waals surface area contributed by atoms with Gasteiger partial charge in [-0.15, -0.1) is 0 Å². The van der Waals surface area contributed by atoms with Gasteiger partial charge in [-0.05, 0) is 12.0 Å². The van der Waals surface area contributed by atoms with Crippen molar-refractivity contribution in [3.05, 3.63) is 23.9 Å². The first-order valence-corrected chi connectivity index (χ1v) is 8.95. The van der Waals surface area contributed by atoms with Crippen LogP contribution in [0.15, 0.2) is 18.3 Å². The summed E-state index contributed by atoms with van der Waals surface area (Å²) in [5.41, 5.74) is 1.17. The molecule has 0 amide bonds. The number of likely N-dealkylation sites (tertiary alicyclic amines) is 1. The molecule has 4 rings (SSSR count). The molecule has 1 aromatic rings. The van der Waals surface area contributed by atoms with E-state index in [2.05, 4.69) is 20.9 Å². The van der Waals surface area contributed by atoms with Crippen molar-refractivity contribution in [3.8, 4) is 5.88 Å². The topological polar surface area (TPSA) is 47.1 Å². The molecule has 0 aromatic carbocycles.